The van der Waals surface area contributed by atoms with E-state index in [1.54, 1.807) is 0 Å². The quantitative estimate of drug-likeness (QED) is 0.332. The molecule has 3 saturated carbocycles. The van der Waals surface area contributed by atoms with Gasteiger partial charge in [0.05, 0.1) is 19.3 Å². The van der Waals surface area contributed by atoms with Crippen LogP contribution in [-0.4, -0.2) is 59.9 Å². The number of aliphatic hydroxyl groups excluding tert-OH is 3. The van der Waals surface area contributed by atoms with Crippen LogP contribution in [0.2, 0.25) is 0 Å². The highest BCUT2D eigenvalue weighted by Gasteiger charge is 2.60. The van der Waals surface area contributed by atoms with E-state index in [2.05, 4.69) is 32.9 Å². The van der Waals surface area contributed by atoms with Gasteiger partial charge in [-0.25, -0.2) is 0 Å². The molecule has 6 heteroatoms. The van der Waals surface area contributed by atoms with Gasteiger partial charge in [-0.05, 0) is 80.5 Å². The molecule has 0 aromatic heterocycles. The Hall–Kier alpha value is -1.21. The molecule has 0 aromatic carbocycles. The number of esters is 1. The van der Waals surface area contributed by atoms with Gasteiger partial charge in [-0.3, -0.25) is 4.79 Å². The Morgan fingerprint density at radius 3 is 2.63 bits per heavy atom. The van der Waals surface area contributed by atoms with Gasteiger partial charge in [0.15, 0.2) is 0 Å². The van der Waals surface area contributed by atoms with Crippen molar-refractivity contribution in [3.05, 3.63) is 23.3 Å². The van der Waals surface area contributed by atoms with E-state index in [9.17, 15) is 15.0 Å². The summed E-state index contributed by atoms with van der Waals surface area (Å²) in [4.78, 5) is 11.6. The minimum absolute atomic E-state index is 0.0411. The van der Waals surface area contributed by atoms with E-state index in [4.69, 9.17) is 14.6 Å². The highest BCUT2D eigenvalue weighted by atomic mass is 16.5. The Balaban J connectivity index is 1.52. The third kappa shape index (κ3) is 4.65. The first-order valence-electron chi connectivity index (χ1n) is 13.7. The van der Waals surface area contributed by atoms with Gasteiger partial charge in [0.25, 0.3) is 0 Å². The minimum Gasteiger partial charge on any atom is -0.469 e. The number of carbonyl (C=O) groups is 1. The van der Waals surface area contributed by atoms with Crippen molar-refractivity contribution < 1.29 is 29.6 Å². The fourth-order valence-electron chi connectivity index (χ4n) is 8.38. The van der Waals surface area contributed by atoms with Crippen LogP contribution in [0.15, 0.2) is 23.3 Å². The van der Waals surface area contributed by atoms with Crippen LogP contribution in [0.1, 0.15) is 78.6 Å². The second kappa shape index (κ2) is 10.6. The van der Waals surface area contributed by atoms with Crippen molar-refractivity contribution in [2.24, 2.45) is 34.5 Å². The molecule has 4 aliphatic rings. The summed E-state index contributed by atoms with van der Waals surface area (Å²) in [5.74, 6) is 1.86. The lowest BCUT2D eigenvalue weighted by Crippen LogP contribution is -2.59. The minimum atomic E-state index is -0.774. The lowest BCUT2D eigenvalue weighted by Gasteiger charge is -2.57. The average molecular weight is 491 g/mol. The molecule has 0 bridgehead atoms. The number of hydrogen-bond acceptors (Lipinski definition) is 6. The lowest BCUT2D eigenvalue weighted by atomic mass is 9.49. The zero-order valence-corrected chi connectivity index (χ0v) is 22.0. The summed E-state index contributed by atoms with van der Waals surface area (Å²) in [5.41, 5.74) is 2.44. The summed E-state index contributed by atoms with van der Waals surface area (Å²) in [5, 5.41) is 31.5. The first-order valence-corrected chi connectivity index (χ1v) is 13.7. The smallest absolute Gasteiger partial charge is 0.305 e. The topological polar surface area (TPSA) is 96.2 Å². The predicted octanol–water partition coefficient (Wildman–Crippen LogP) is 4.17. The third-order valence-electron chi connectivity index (χ3n) is 10.4. The summed E-state index contributed by atoms with van der Waals surface area (Å²) in [6.07, 6.45) is 10.4. The van der Waals surface area contributed by atoms with Crippen molar-refractivity contribution >= 4 is 5.97 Å². The average Bonchev–Trinajstić information content (AvgIpc) is 3.19. The molecule has 0 spiro atoms. The number of aliphatic hydroxyl groups is 3. The van der Waals surface area contributed by atoms with Crippen molar-refractivity contribution in [3.8, 4) is 0 Å². The summed E-state index contributed by atoms with van der Waals surface area (Å²) >= 11 is 0. The zero-order valence-electron chi connectivity index (χ0n) is 22.0. The maximum Gasteiger partial charge on any atom is 0.305 e. The molecule has 4 rings (SSSR count). The number of hydrogen-bond donors (Lipinski definition) is 3. The molecule has 0 saturated heterocycles. The highest BCUT2D eigenvalue weighted by molar-refractivity contribution is 5.68. The Morgan fingerprint density at radius 2 is 1.91 bits per heavy atom. The summed E-state index contributed by atoms with van der Waals surface area (Å²) < 4.78 is 10.7. The van der Waals surface area contributed by atoms with E-state index < -0.39 is 23.7 Å². The maximum atomic E-state index is 11.6. The van der Waals surface area contributed by atoms with Crippen molar-refractivity contribution in [2.45, 2.75) is 96.9 Å². The standard InChI is InChI=1S/C29H46O6/c1-18(7-5-8-25(32)34-4)21-11-12-22-20-10-9-19-17-24(31)26(35-16-6-15-30)27(33)29(19,3)23(20)13-14-28(21,22)2/h9-10,18,21-24,26-27,30-31,33H,5-8,11-17H2,1-4H3/t18-,21-,22+,23+,24-,26-,27+,28-,29+/m1/s1. The van der Waals surface area contributed by atoms with Gasteiger partial charge >= 0.3 is 5.97 Å². The van der Waals surface area contributed by atoms with Crippen molar-refractivity contribution in [1.29, 1.82) is 0 Å². The van der Waals surface area contributed by atoms with Crippen LogP contribution in [0, 0.1) is 34.5 Å². The molecule has 9 atom stereocenters. The van der Waals surface area contributed by atoms with Gasteiger partial charge in [-0.1, -0.05) is 44.1 Å². The number of rotatable bonds is 9. The molecule has 0 unspecified atom stereocenters. The van der Waals surface area contributed by atoms with Crippen molar-refractivity contribution in [3.63, 3.8) is 0 Å². The summed E-state index contributed by atoms with van der Waals surface area (Å²) in [6, 6.07) is 0. The van der Waals surface area contributed by atoms with E-state index in [-0.39, 0.29) is 23.9 Å². The van der Waals surface area contributed by atoms with Crippen LogP contribution >= 0.6 is 0 Å². The van der Waals surface area contributed by atoms with Crippen LogP contribution in [0.3, 0.4) is 0 Å². The van der Waals surface area contributed by atoms with Crippen LogP contribution in [-0.2, 0) is 14.3 Å². The predicted molar refractivity (Wildman–Crippen MR) is 134 cm³/mol. The fourth-order valence-corrected chi connectivity index (χ4v) is 8.38. The molecule has 0 aromatic rings. The highest BCUT2D eigenvalue weighted by Crippen LogP contribution is 2.66. The number of carbonyl (C=O) groups excluding carboxylic acids is 1. The largest absolute Gasteiger partial charge is 0.469 e. The Labute approximate surface area is 210 Å². The zero-order chi connectivity index (χ0) is 25.4. The van der Waals surface area contributed by atoms with Crippen LogP contribution in [0.25, 0.3) is 0 Å². The van der Waals surface area contributed by atoms with Gasteiger partial charge < -0.3 is 24.8 Å². The van der Waals surface area contributed by atoms with E-state index >= 15 is 0 Å². The Kier molecular flexibility index (Phi) is 8.16. The molecule has 0 aliphatic heterocycles. The summed E-state index contributed by atoms with van der Waals surface area (Å²) in [7, 11) is 1.46. The first kappa shape index (κ1) is 26.8. The lowest BCUT2D eigenvalue weighted by molar-refractivity contribution is -0.162. The molecule has 6 nitrogen and oxygen atoms in total. The molecular formula is C29H46O6. The van der Waals surface area contributed by atoms with Gasteiger partial charge in [0.1, 0.15) is 6.10 Å². The molecule has 3 N–H and O–H groups in total. The monoisotopic (exact) mass is 490 g/mol. The van der Waals surface area contributed by atoms with Gasteiger partial charge in [-0.15, -0.1) is 0 Å². The normalized spacial score (nSPS) is 41.2. The third-order valence-corrected chi connectivity index (χ3v) is 10.4. The van der Waals surface area contributed by atoms with E-state index in [0.29, 0.717) is 43.6 Å². The van der Waals surface area contributed by atoms with Crippen molar-refractivity contribution in [2.75, 3.05) is 20.3 Å². The molecular weight excluding hydrogens is 444 g/mol. The van der Waals surface area contributed by atoms with E-state index in [0.717, 1.165) is 31.3 Å². The van der Waals surface area contributed by atoms with Crippen molar-refractivity contribution in [1.82, 2.24) is 0 Å². The second-order valence-electron chi connectivity index (χ2n) is 12.0. The number of allylic oxidation sites excluding steroid dienone is 3. The van der Waals surface area contributed by atoms with Crippen LogP contribution < -0.4 is 0 Å². The Bertz CT molecular complexity index is 835. The van der Waals surface area contributed by atoms with Crippen LogP contribution in [0.5, 0.6) is 0 Å². The first-order chi connectivity index (χ1) is 16.7. The van der Waals surface area contributed by atoms with Gasteiger partial charge in [0.2, 0.25) is 0 Å². The molecule has 0 radical (unpaired) electrons. The van der Waals surface area contributed by atoms with Crippen LogP contribution in [0.4, 0.5) is 0 Å². The van der Waals surface area contributed by atoms with E-state index in [1.807, 2.05) is 0 Å². The fraction of sp³-hybridized carbons (Fsp3) is 0.828. The van der Waals surface area contributed by atoms with Gasteiger partial charge in [0, 0.05) is 25.0 Å². The molecule has 0 amide bonds. The molecule has 198 valence electrons. The summed E-state index contributed by atoms with van der Waals surface area (Å²) in [6.45, 7) is 7.40. The van der Waals surface area contributed by atoms with E-state index in [1.165, 1.54) is 25.5 Å². The second-order valence-corrected chi connectivity index (χ2v) is 12.0. The molecule has 0 heterocycles. The maximum absolute atomic E-state index is 11.6. The SMILES string of the molecule is COC(=O)CCC[C@@H](C)[C@H]1CC[C@H]2C3=CC=C4C[C@@H](O)[C@@H](OCCCO)[C@H](O)[C@]4(C)[C@H]3CC[C@]12C. The Morgan fingerprint density at radius 1 is 1.14 bits per heavy atom. The molecule has 4 aliphatic carbocycles. The van der Waals surface area contributed by atoms with Gasteiger partial charge in [-0.2, -0.15) is 0 Å². The molecule has 3 fully saturated rings. The molecule has 35 heavy (non-hydrogen) atoms. The number of methoxy groups -OCH3 is 1. The number of fused-ring (bicyclic) bond motifs is 5. The number of ether oxygens (including phenoxy) is 2.